The van der Waals surface area contributed by atoms with Crippen molar-refractivity contribution in [2.24, 2.45) is 17.8 Å². The van der Waals surface area contributed by atoms with Crippen LogP contribution in [0.3, 0.4) is 0 Å². The standard InChI is InChI=1S/C15H24O2.C2H6/c1-2-15(7-3-4-8-15)17-14(16)13-10-11-5-6-12(13)9-11;1-2/h11-13H,2-10H2,1H3;1-2H3. The van der Waals surface area contributed by atoms with Crippen LogP contribution in [0.1, 0.15) is 78.6 Å². The number of ether oxygens (including phenoxy) is 1. The van der Waals surface area contributed by atoms with Crippen molar-refractivity contribution in [2.75, 3.05) is 0 Å². The summed E-state index contributed by atoms with van der Waals surface area (Å²) in [5, 5.41) is 0. The molecule has 3 rings (SSSR count). The first-order valence-electron chi connectivity index (χ1n) is 8.45. The summed E-state index contributed by atoms with van der Waals surface area (Å²) in [5.41, 5.74) is -0.0844. The topological polar surface area (TPSA) is 26.3 Å². The normalized spacial score (nSPS) is 34.8. The van der Waals surface area contributed by atoms with Gasteiger partial charge in [-0.3, -0.25) is 4.79 Å². The second-order valence-electron chi connectivity index (χ2n) is 6.45. The molecule has 0 aromatic rings. The van der Waals surface area contributed by atoms with Crippen molar-refractivity contribution in [2.45, 2.75) is 84.2 Å². The molecular formula is C17H30O2. The summed E-state index contributed by atoms with van der Waals surface area (Å²) in [7, 11) is 0. The van der Waals surface area contributed by atoms with Crippen LogP contribution in [0.2, 0.25) is 0 Å². The van der Waals surface area contributed by atoms with Gasteiger partial charge < -0.3 is 4.74 Å². The predicted octanol–water partition coefficient (Wildman–Crippen LogP) is 4.71. The van der Waals surface area contributed by atoms with Gasteiger partial charge in [-0.15, -0.1) is 0 Å². The van der Waals surface area contributed by atoms with E-state index in [0.29, 0.717) is 5.92 Å². The van der Waals surface area contributed by atoms with E-state index in [1.807, 2.05) is 13.8 Å². The van der Waals surface area contributed by atoms with Crippen LogP contribution in [-0.4, -0.2) is 11.6 Å². The minimum absolute atomic E-state index is 0.0844. The summed E-state index contributed by atoms with van der Waals surface area (Å²) in [6.07, 6.45) is 10.7. The van der Waals surface area contributed by atoms with Crippen molar-refractivity contribution < 1.29 is 9.53 Å². The highest BCUT2D eigenvalue weighted by atomic mass is 16.6. The van der Waals surface area contributed by atoms with Crippen LogP contribution in [0.4, 0.5) is 0 Å². The van der Waals surface area contributed by atoms with Gasteiger partial charge in [-0.1, -0.05) is 27.2 Å². The Hall–Kier alpha value is -0.530. The summed E-state index contributed by atoms with van der Waals surface area (Å²) < 4.78 is 5.95. The van der Waals surface area contributed by atoms with Crippen LogP contribution in [0.15, 0.2) is 0 Å². The van der Waals surface area contributed by atoms with Crippen molar-refractivity contribution in [3.63, 3.8) is 0 Å². The molecule has 110 valence electrons. The summed E-state index contributed by atoms with van der Waals surface area (Å²) in [6.45, 7) is 6.17. The molecule has 0 heterocycles. The Labute approximate surface area is 118 Å². The van der Waals surface area contributed by atoms with Crippen LogP contribution in [-0.2, 0) is 9.53 Å². The van der Waals surface area contributed by atoms with Gasteiger partial charge >= 0.3 is 5.97 Å². The quantitative estimate of drug-likeness (QED) is 0.691. The van der Waals surface area contributed by atoms with E-state index >= 15 is 0 Å². The highest BCUT2D eigenvalue weighted by Crippen LogP contribution is 2.49. The second kappa shape index (κ2) is 6.28. The third kappa shape index (κ3) is 2.98. The molecule has 19 heavy (non-hydrogen) atoms. The molecule has 0 aromatic heterocycles. The number of rotatable bonds is 3. The summed E-state index contributed by atoms with van der Waals surface area (Å²) in [4.78, 5) is 12.3. The average molecular weight is 266 g/mol. The van der Waals surface area contributed by atoms with Crippen molar-refractivity contribution in [1.82, 2.24) is 0 Å². The van der Waals surface area contributed by atoms with E-state index in [-0.39, 0.29) is 17.5 Å². The van der Waals surface area contributed by atoms with Crippen molar-refractivity contribution in [3.05, 3.63) is 0 Å². The highest BCUT2D eigenvalue weighted by molar-refractivity contribution is 5.74. The Morgan fingerprint density at radius 2 is 1.84 bits per heavy atom. The molecule has 3 unspecified atom stereocenters. The van der Waals surface area contributed by atoms with Gasteiger partial charge in [0.1, 0.15) is 5.60 Å². The number of fused-ring (bicyclic) bond motifs is 2. The first-order valence-corrected chi connectivity index (χ1v) is 8.45. The molecule has 3 aliphatic rings. The zero-order valence-corrected chi connectivity index (χ0v) is 12.9. The SMILES string of the molecule is CC.CCC1(OC(=O)C2CC3CCC2C3)CCCC1. The molecule has 3 aliphatic carbocycles. The summed E-state index contributed by atoms with van der Waals surface area (Å²) in [6, 6.07) is 0. The fourth-order valence-corrected chi connectivity index (χ4v) is 4.37. The molecule has 0 spiro atoms. The van der Waals surface area contributed by atoms with E-state index in [1.165, 1.54) is 32.1 Å². The second-order valence-corrected chi connectivity index (χ2v) is 6.45. The molecular weight excluding hydrogens is 236 g/mol. The van der Waals surface area contributed by atoms with E-state index < -0.39 is 0 Å². The molecule has 2 nitrogen and oxygen atoms in total. The fourth-order valence-electron chi connectivity index (χ4n) is 4.37. The minimum atomic E-state index is -0.0844. The monoisotopic (exact) mass is 266 g/mol. The van der Waals surface area contributed by atoms with Crippen LogP contribution in [0.25, 0.3) is 0 Å². The Kier molecular flexibility index (Phi) is 4.92. The van der Waals surface area contributed by atoms with Gasteiger partial charge in [-0.25, -0.2) is 0 Å². The van der Waals surface area contributed by atoms with Crippen molar-refractivity contribution >= 4 is 5.97 Å². The molecule has 0 saturated heterocycles. The maximum absolute atomic E-state index is 12.3. The van der Waals surface area contributed by atoms with E-state index in [2.05, 4.69) is 6.92 Å². The molecule has 0 aromatic carbocycles. The zero-order valence-electron chi connectivity index (χ0n) is 12.9. The van der Waals surface area contributed by atoms with Crippen LogP contribution < -0.4 is 0 Å². The van der Waals surface area contributed by atoms with Gasteiger partial charge in [0, 0.05) is 0 Å². The lowest BCUT2D eigenvalue weighted by Crippen LogP contribution is -2.35. The minimum Gasteiger partial charge on any atom is -0.459 e. The molecule has 2 bridgehead atoms. The molecule has 0 radical (unpaired) electrons. The first kappa shape index (κ1) is 14.9. The van der Waals surface area contributed by atoms with E-state index in [1.54, 1.807) is 0 Å². The Morgan fingerprint density at radius 1 is 1.16 bits per heavy atom. The molecule has 2 heteroatoms. The number of hydrogen-bond donors (Lipinski definition) is 0. The predicted molar refractivity (Wildman–Crippen MR) is 77.9 cm³/mol. The molecule has 0 aliphatic heterocycles. The molecule has 3 saturated carbocycles. The molecule has 3 fully saturated rings. The number of esters is 1. The zero-order chi connectivity index (χ0) is 13.9. The van der Waals surface area contributed by atoms with Crippen LogP contribution in [0, 0.1) is 17.8 Å². The van der Waals surface area contributed by atoms with Crippen LogP contribution in [0.5, 0.6) is 0 Å². The lowest BCUT2D eigenvalue weighted by Gasteiger charge is -2.31. The Bertz CT molecular complexity index is 304. The van der Waals surface area contributed by atoms with Gasteiger partial charge in [0.25, 0.3) is 0 Å². The van der Waals surface area contributed by atoms with E-state index in [4.69, 9.17) is 4.74 Å². The number of carbonyl (C=O) groups is 1. The number of hydrogen-bond acceptors (Lipinski definition) is 2. The smallest absolute Gasteiger partial charge is 0.309 e. The Balaban J connectivity index is 0.000000637. The maximum atomic E-state index is 12.3. The lowest BCUT2D eigenvalue weighted by atomic mass is 9.88. The largest absolute Gasteiger partial charge is 0.459 e. The van der Waals surface area contributed by atoms with Gasteiger partial charge in [0.2, 0.25) is 0 Å². The molecule has 3 atom stereocenters. The third-order valence-corrected chi connectivity index (χ3v) is 5.52. The molecule has 0 N–H and O–H groups in total. The van der Waals surface area contributed by atoms with Gasteiger partial charge in [-0.2, -0.15) is 0 Å². The van der Waals surface area contributed by atoms with Crippen LogP contribution >= 0.6 is 0 Å². The third-order valence-electron chi connectivity index (χ3n) is 5.52. The van der Waals surface area contributed by atoms with Gasteiger partial charge in [0.05, 0.1) is 5.92 Å². The molecule has 0 amide bonds. The average Bonchev–Trinajstić information content (AvgIpc) is 3.17. The van der Waals surface area contributed by atoms with E-state index in [0.717, 1.165) is 31.6 Å². The highest BCUT2D eigenvalue weighted by Gasteiger charge is 2.46. The van der Waals surface area contributed by atoms with E-state index in [9.17, 15) is 4.79 Å². The van der Waals surface area contributed by atoms with Crippen molar-refractivity contribution in [3.8, 4) is 0 Å². The Morgan fingerprint density at radius 3 is 2.32 bits per heavy atom. The summed E-state index contributed by atoms with van der Waals surface area (Å²) >= 11 is 0. The lowest BCUT2D eigenvalue weighted by molar-refractivity contribution is -0.166. The first-order chi connectivity index (χ1) is 9.22. The fraction of sp³-hybridized carbons (Fsp3) is 0.941. The van der Waals surface area contributed by atoms with Gasteiger partial charge in [0.15, 0.2) is 0 Å². The maximum Gasteiger partial charge on any atom is 0.309 e. The summed E-state index contributed by atoms with van der Waals surface area (Å²) in [5.74, 6) is 1.88. The number of carbonyl (C=O) groups excluding carboxylic acids is 1. The van der Waals surface area contributed by atoms with Gasteiger partial charge in [-0.05, 0) is 63.2 Å². The van der Waals surface area contributed by atoms with Crippen molar-refractivity contribution in [1.29, 1.82) is 0 Å².